The van der Waals surface area contributed by atoms with Crippen molar-refractivity contribution in [3.63, 3.8) is 0 Å². The van der Waals surface area contributed by atoms with Crippen molar-refractivity contribution < 1.29 is 22.7 Å². The molecule has 3 aromatic rings. The van der Waals surface area contributed by atoms with E-state index in [9.17, 15) is 18.0 Å². The Balaban J connectivity index is 1.97. The van der Waals surface area contributed by atoms with Crippen molar-refractivity contribution in [2.75, 3.05) is 23.3 Å². The number of carbonyl (C=O) groups is 2. The Hall–Kier alpha value is -3.36. The van der Waals surface area contributed by atoms with Gasteiger partial charge in [0.1, 0.15) is 6.54 Å². The highest BCUT2D eigenvalue weighted by molar-refractivity contribution is 7.92. The van der Waals surface area contributed by atoms with Crippen LogP contribution in [0.5, 0.6) is 0 Å². The number of carbonyl (C=O) groups excluding carboxylic acids is 2. The number of rotatable bonds is 7. The van der Waals surface area contributed by atoms with Gasteiger partial charge in [0.15, 0.2) is 0 Å². The number of methoxy groups -OCH3 is 1. The van der Waals surface area contributed by atoms with Crippen molar-refractivity contribution in [1.29, 1.82) is 0 Å². The van der Waals surface area contributed by atoms with Gasteiger partial charge < -0.3 is 10.1 Å². The number of anilines is 2. The molecule has 0 spiro atoms. The molecule has 9 heteroatoms. The number of aryl methyl sites for hydroxylation is 1. The zero-order valence-corrected chi connectivity index (χ0v) is 19.9. The second-order valence-corrected chi connectivity index (χ2v) is 9.57. The summed E-state index contributed by atoms with van der Waals surface area (Å²) in [6.45, 7) is 2.96. The molecule has 7 nitrogen and oxygen atoms in total. The van der Waals surface area contributed by atoms with Crippen LogP contribution in [0.3, 0.4) is 0 Å². The molecule has 172 valence electrons. The second-order valence-electron chi connectivity index (χ2n) is 7.27. The summed E-state index contributed by atoms with van der Waals surface area (Å²) in [5.74, 6) is -1.10. The van der Waals surface area contributed by atoms with Crippen LogP contribution in [0.25, 0.3) is 0 Å². The molecule has 0 saturated carbocycles. The standard InChI is InChI=1S/C24H23ClN2O5S/c1-16-7-4-5-10-22(16)27(33(30,31)19-13-11-18(25)12-14-19)15-23(28)26-21-9-6-8-20(17(21)2)24(29)32-3/h4-14H,15H2,1-3H3,(H,26,28). The first-order valence-electron chi connectivity index (χ1n) is 9.97. The van der Waals surface area contributed by atoms with E-state index in [2.05, 4.69) is 5.32 Å². The molecule has 3 aromatic carbocycles. The smallest absolute Gasteiger partial charge is 0.338 e. The minimum absolute atomic E-state index is 0.00632. The lowest BCUT2D eigenvalue weighted by atomic mass is 10.1. The van der Waals surface area contributed by atoms with Gasteiger partial charge in [-0.3, -0.25) is 9.10 Å². The summed E-state index contributed by atoms with van der Waals surface area (Å²) in [5.41, 5.74) is 2.27. The number of amides is 1. The van der Waals surface area contributed by atoms with Gasteiger partial charge in [0.05, 0.1) is 23.3 Å². The number of benzene rings is 3. The fourth-order valence-corrected chi connectivity index (χ4v) is 4.91. The molecule has 0 unspecified atom stereocenters. The van der Waals surface area contributed by atoms with Crippen LogP contribution in [-0.4, -0.2) is 33.9 Å². The Morgan fingerprint density at radius 2 is 1.64 bits per heavy atom. The van der Waals surface area contributed by atoms with Crippen molar-refractivity contribution in [3.05, 3.63) is 88.4 Å². The fourth-order valence-electron chi connectivity index (χ4n) is 3.30. The number of sulfonamides is 1. The van der Waals surface area contributed by atoms with Crippen LogP contribution in [0.4, 0.5) is 11.4 Å². The van der Waals surface area contributed by atoms with Gasteiger partial charge in [-0.1, -0.05) is 35.9 Å². The highest BCUT2D eigenvalue weighted by atomic mass is 35.5. The van der Waals surface area contributed by atoms with Gasteiger partial charge in [0.25, 0.3) is 10.0 Å². The Kier molecular flexibility index (Phi) is 7.40. The van der Waals surface area contributed by atoms with Gasteiger partial charge in [-0.2, -0.15) is 0 Å². The number of halogens is 1. The van der Waals surface area contributed by atoms with E-state index in [4.69, 9.17) is 16.3 Å². The zero-order valence-electron chi connectivity index (χ0n) is 18.3. The molecule has 1 N–H and O–H groups in total. The van der Waals surface area contributed by atoms with Gasteiger partial charge in [0, 0.05) is 10.7 Å². The number of nitrogens with zero attached hydrogens (tertiary/aromatic N) is 1. The van der Waals surface area contributed by atoms with Crippen LogP contribution in [0.15, 0.2) is 71.6 Å². The molecule has 0 radical (unpaired) electrons. The first-order valence-corrected chi connectivity index (χ1v) is 11.8. The lowest BCUT2D eigenvalue weighted by Crippen LogP contribution is -2.38. The van der Waals surface area contributed by atoms with E-state index in [0.717, 1.165) is 4.31 Å². The number of hydrogen-bond acceptors (Lipinski definition) is 5. The normalized spacial score (nSPS) is 11.0. The molecule has 0 aliphatic rings. The number of nitrogens with one attached hydrogen (secondary N) is 1. The lowest BCUT2D eigenvalue weighted by Gasteiger charge is -2.26. The van der Waals surface area contributed by atoms with Gasteiger partial charge in [0.2, 0.25) is 5.91 Å². The molecule has 0 aliphatic carbocycles. The predicted octanol–water partition coefficient (Wildman–Crippen LogP) is 4.58. The maximum Gasteiger partial charge on any atom is 0.338 e. The second kappa shape index (κ2) is 10.1. The summed E-state index contributed by atoms with van der Waals surface area (Å²) in [6, 6.07) is 17.5. The monoisotopic (exact) mass is 486 g/mol. The minimum atomic E-state index is -4.08. The number of ether oxygens (including phenoxy) is 1. The lowest BCUT2D eigenvalue weighted by molar-refractivity contribution is -0.114. The Morgan fingerprint density at radius 1 is 0.970 bits per heavy atom. The zero-order chi connectivity index (χ0) is 24.2. The highest BCUT2D eigenvalue weighted by Crippen LogP contribution is 2.28. The molecule has 3 rings (SSSR count). The van der Waals surface area contributed by atoms with Crippen LogP contribution in [0, 0.1) is 13.8 Å². The van der Waals surface area contributed by atoms with Crippen LogP contribution >= 0.6 is 11.6 Å². The summed E-state index contributed by atoms with van der Waals surface area (Å²) < 4.78 is 32.8. The average molecular weight is 487 g/mol. The van der Waals surface area contributed by atoms with Gasteiger partial charge in [-0.05, 0) is 67.4 Å². The van der Waals surface area contributed by atoms with E-state index < -0.39 is 28.4 Å². The molecule has 0 saturated heterocycles. The van der Waals surface area contributed by atoms with E-state index in [-0.39, 0.29) is 4.90 Å². The third-order valence-electron chi connectivity index (χ3n) is 5.09. The SMILES string of the molecule is COC(=O)c1cccc(NC(=O)CN(c2ccccc2C)S(=O)(=O)c2ccc(Cl)cc2)c1C. The average Bonchev–Trinajstić information content (AvgIpc) is 2.79. The molecular weight excluding hydrogens is 464 g/mol. The van der Waals surface area contributed by atoms with Crippen LogP contribution in [-0.2, 0) is 19.6 Å². The third kappa shape index (κ3) is 5.35. The van der Waals surface area contributed by atoms with E-state index in [0.29, 0.717) is 33.1 Å². The molecule has 33 heavy (non-hydrogen) atoms. The quantitative estimate of drug-likeness (QED) is 0.493. The van der Waals surface area contributed by atoms with E-state index in [1.807, 2.05) is 0 Å². The third-order valence-corrected chi connectivity index (χ3v) is 7.11. The maximum atomic E-state index is 13.5. The first kappa shape index (κ1) is 24.3. The number of hydrogen-bond donors (Lipinski definition) is 1. The number of esters is 1. The fraction of sp³-hybridized carbons (Fsp3) is 0.167. The molecular formula is C24H23ClN2O5S. The molecule has 0 aliphatic heterocycles. The summed E-state index contributed by atoms with van der Waals surface area (Å²) in [4.78, 5) is 24.9. The molecule has 1 amide bonds. The van der Waals surface area contributed by atoms with E-state index in [1.54, 1.807) is 56.3 Å². The molecule has 0 atom stereocenters. The summed E-state index contributed by atoms with van der Waals surface area (Å²) >= 11 is 5.91. The minimum Gasteiger partial charge on any atom is -0.465 e. The molecule has 0 bridgehead atoms. The Bertz CT molecular complexity index is 1290. The first-order chi connectivity index (χ1) is 15.6. The van der Waals surface area contributed by atoms with Gasteiger partial charge >= 0.3 is 5.97 Å². The van der Waals surface area contributed by atoms with Gasteiger partial charge in [-0.15, -0.1) is 0 Å². The van der Waals surface area contributed by atoms with Crippen molar-refractivity contribution in [1.82, 2.24) is 0 Å². The van der Waals surface area contributed by atoms with E-state index in [1.165, 1.54) is 31.4 Å². The highest BCUT2D eigenvalue weighted by Gasteiger charge is 2.28. The van der Waals surface area contributed by atoms with Crippen molar-refractivity contribution in [3.8, 4) is 0 Å². The summed E-state index contributed by atoms with van der Waals surface area (Å²) in [6.07, 6.45) is 0. The van der Waals surface area contributed by atoms with Crippen molar-refractivity contribution in [2.24, 2.45) is 0 Å². The van der Waals surface area contributed by atoms with Crippen LogP contribution in [0.2, 0.25) is 5.02 Å². The van der Waals surface area contributed by atoms with E-state index >= 15 is 0 Å². The predicted molar refractivity (Wildman–Crippen MR) is 128 cm³/mol. The Labute approximate surface area is 198 Å². The van der Waals surface area contributed by atoms with Crippen molar-refractivity contribution >= 4 is 44.9 Å². The van der Waals surface area contributed by atoms with Crippen LogP contribution < -0.4 is 9.62 Å². The van der Waals surface area contributed by atoms with Gasteiger partial charge in [-0.25, -0.2) is 13.2 Å². The molecule has 0 fully saturated rings. The molecule has 0 heterocycles. The summed E-state index contributed by atoms with van der Waals surface area (Å²) in [7, 11) is -2.80. The largest absolute Gasteiger partial charge is 0.465 e. The number of para-hydroxylation sites is 1. The summed E-state index contributed by atoms with van der Waals surface area (Å²) in [5, 5.41) is 3.11. The van der Waals surface area contributed by atoms with Crippen molar-refractivity contribution in [2.45, 2.75) is 18.7 Å². The molecule has 0 aromatic heterocycles. The Morgan fingerprint density at radius 3 is 2.27 bits per heavy atom. The topological polar surface area (TPSA) is 92.8 Å². The maximum absolute atomic E-state index is 13.5. The van der Waals surface area contributed by atoms with Crippen LogP contribution in [0.1, 0.15) is 21.5 Å².